The number of rotatable bonds is 4. The van der Waals surface area contributed by atoms with E-state index in [4.69, 9.17) is 10.7 Å². The fraction of sp³-hybridized carbons (Fsp3) is 0.278. The zero-order valence-corrected chi connectivity index (χ0v) is 12.6. The summed E-state index contributed by atoms with van der Waals surface area (Å²) in [4.78, 5) is 4.69. The van der Waals surface area contributed by atoms with E-state index in [1.165, 1.54) is 28.7 Å². The zero-order valence-electron chi connectivity index (χ0n) is 11.8. The topological polar surface area (TPSA) is 38.9 Å². The quantitative estimate of drug-likeness (QED) is 0.773. The number of nitrogens with two attached hydrogens (primary N) is 1. The smallest absolute Gasteiger partial charge is 0.111 e. The molecule has 1 saturated carbocycles. The van der Waals surface area contributed by atoms with E-state index in [1.807, 2.05) is 6.07 Å². The van der Waals surface area contributed by atoms with E-state index in [2.05, 4.69) is 42.5 Å². The summed E-state index contributed by atoms with van der Waals surface area (Å²) in [5.41, 5.74) is 10.4. The number of nitrogens with zero attached hydrogens (tertiary/aromatic N) is 1. The fourth-order valence-electron chi connectivity index (χ4n) is 2.89. The Bertz CT molecular complexity index is 740. The summed E-state index contributed by atoms with van der Waals surface area (Å²) in [5, 5.41) is 1.04. The van der Waals surface area contributed by atoms with E-state index in [0.29, 0.717) is 0 Å². The monoisotopic (exact) mass is 294 g/mol. The van der Waals surface area contributed by atoms with Crippen molar-refractivity contribution in [2.24, 2.45) is 5.73 Å². The lowest BCUT2D eigenvalue weighted by molar-refractivity contribution is 0.711. The van der Waals surface area contributed by atoms with E-state index in [0.717, 1.165) is 22.9 Å². The predicted molar refractivity (Wildman–Crippen MR) is 88.7 cm³/mol. The Morgan fingerprint density at radius 2 is 1.86 bits per heavy atom. The third-order valence-corrected chi connectivity index (χ3v) is 5.31. The summed E-state index contributed by atoms with van der Waals surface area (Å²) in [6.07, 6.45) is 3.53. The molecule has 1 atom stereocenters. The maximum atomic E-state index is 6.43. The molecule has 2 N–H and O–H groups in total. The molecule has 106 valence electrons. The highest BCUT2D eigenvalue weighted by molar-refractivity contribution is 7.18. The average molecular weight is 294 g/mol. The van der Waals surface area contributed by atoms with Gasteiger partial charge in [0.25, 0.3) is 0 Å². The van der Waals surface area contributed by atoms with Gasteiger partial charge in [-0.2, -0.15) is 0 Å². The first-order valence-electron chi connectivity index (χ1n) is 7.50. The van der Waals surface area contributed by atoms with Crippen molar-refractivity contribution in [3.63, 3.8) is 0 Å². The lowest BCUT2D eigenvalue weighted by Crippen LogP contribution is -2.14. The van der Waals surface area contributed by atoms with E-state index >= 15 is 0 Å². The first-order valence-corrected chi connectivity index (χ1v) is 8.32. The van der Waals surface area contributed by atoms with Gasteiger partial charge in [0.05, 0.1) is 16.3 Å². The number of fused-ring (bicyclic) bond motifs is 1. The number of para-hydroxylation sites is 1. The molecule has 0 radical (unpaired) electrons. The molecule has 0 bridgehead atoms. The van der Waals surface area contributed by atoms with E-state index in [1.54, 1.807) is 11.3 Å². The van der Waals surface area contributed by atoms with Crippen LogP contribution in [0.3, 0.4) is 0 Å². The molecule has 21 heavy (non-hydrogen) atoms. The first kappa shape index (κ1) is 13.0. The molecular weight excluding hydrogens is 276 g/mol. The van der Waals surface area contributed by atoms with Crippen LogP contribution in [0.2, 0.25) is 0 Å². The van der Waals surface area contributed by atoms with Gasteiger partial charge in [-0.15, -0.1) is 11.3 Å². The van der Waals surface area contributed by atoms with Crippen molar-refractivity contribution in [2.75, 3.05) is 0 Å². The highest BCUT2D eigenvalue weighted by Gasteiger charge is 2.26. The van der Waals surface area contributed by atoms with Crippen LogP contribution < -0.4 is 5.73 Å². The second kappa shape index (κ2) is 5.24. The molecule has 4 rings (SSSR count). The van der Waals surface area contributed by atoms with Gasteiger partial charge in [-0.1, -0.05) is 36.4 Å². The third-order valence-electron chi connectivity index (χ3n) is 4.14. The summed E-state index contributed by atoms with van der Waals surface area (Å²) in [6.45, 7) is 0. The molecule has 0 amide bonds. The summed E-state index contributed by atoms with van der Waals surface area (Å²) < 4.78 is 1.22. The molecule has 0 saturated heterocycles. The predicted octanol–water partition coefficient (Wildman–Crippen LogP) is 4.42. The highest BCUT2D eigenvalue weighted by Crippen LogP contribution is 2.42. The van der Waals surface area contributed by atoms with E-state index in [9.17, 15) is 0 Å². The molecule has 3 heteroatoms. The Hall–Kier alpha value is -1.71. The first-order chi connectivity index (χ1) is 10.3. The summed E-state index contributed by atoms with van der Waals surface area (Å²) >= 11 is 1.72. The molecule has 2 nitrogen and oxygen atoms in total. The van der Waals surface area contributed by atoms with Crippen LogP contribution in [0.4, 0.5) is 0 Å². The molecule has 1 aromatic heterocycles. The summed E-state index contributed by atoms with van der Waals surface area (Å²) in [7, 11) is 0. The van der Waals surface area contributed by atoms with Crippen LogP contribution in [0.25, 0.3) is 10.2 Å². The SMILES string of the molecule is NC(Cc1ccccc1C1CC1)c1nc2ccccc2s1. The normalized spacial score (nSPS) is 16.2. The van der Waals surface area contributed by atoms with Crippen LogP contribution >= 0.6 is 11.3 Å². The van der Waals surface area contributed by atoms with Gasteiger partial charge in [0.2, 0.25) is 0 Å². The number of aromatic nitrogens is 1. The van der Waals surface area contributed by atoms with Gasteiger partial charge in [-0.25, -0.2) is 4.98 Å². The minimum Gasteiger partial charge on any atom is -0.322 e. The van der Waals surface area contributed by atoms with Gasteiger partial charge in [0, 0.05) is 0 Å². The number of benzene rings is 2. The molecule has 0 spiro atoms. The highest BCUT2D eigenvalue weighted by atomic mass is 32.1. The largest absolute Gasteiger partial charge is 0.322 e. The van der Waals surface area contributed by atoms with Crippen LogP contribution in [0.15, 0.2) is 48.5 Å². The second-order valence-electron chi connectivity index (χ2n) is 5.80. The molecule has 1 unspecified atom stereocenters. The van der Waals surface area contributed by atoms with Crippen molar-refractivity contribution in [1.29, 1.82) is 0 Å². The fourth-order valence-corrected chi connectivity index (χ4v) is 3.85. The molecule has 1 fully saturated rings. The van der Waals surface area contributed by atoms with Crippen LogP contribution in [-0.2, 0) is 6.42 Å². The van der Waals surface area contributed by atoms with E-state index in [-0.39, 0.29) is 6.04 Å². The lowest BCUT2D eigenvalue weighted by atomic mass is 9.98. The average Bonchev–Trinajstić information content (AvgIpc) is 3.25. The van der Waals surface area contributed by atoms with E-state index < -0.39 is 0 Å². The Labute approximate surface area is 128 Å². The Morgan fingerprint density at radius 1 is 1.10 bits per heavy atom. The van der Waals surface area contributed by atoms with Crippen molar-refractivity contribution in [3.05, 3.63) is 64.7 Å². The molecular formula is C18H18N2S. The molecule has 1 heterocycles. The molecule has 2 aromatic carbocycles. The zero-order chi connectivity index (χ0) is 14.2. The van der Waals surface area contributed by atoms with Crippen LogP contribution in [0.1, 0.15) is 40.9 Å². The van der Waals surface area contributed by atoms with Crippen LogP contribution in [0.5, 0.6) is 0 Å². The Kier molecular flexibility index (Phi) is 3.24. The van der Waals surface area contributed by atoms with Gasteiger partial charge >= 0.3 is 0 Å². The molecule has 3 aromatic rings. The Balaban J connectivity index is 1.61. The Morgan fingerprint density at radius 3 is 2.67 bits per heavy atom. The van der Waals surface area contributed by atoms with Gasteiger partial charge in [-0.05, 0) is 48.4 Å². The molecule has 0 aliphatic heterocycles. The molecule has 1 aliphatic rings. The molecule has 1 aliphatic carbocycles. The van der Waals surface area contributed by atoms with Gasteiger partial charge in [0.15, 0.2) is 0 Å². The number of hydrogen-bond acceptors (Lipinski definition) is 3. The van der Waals surface area contributed by atoms with Gasteiger partial charge < -0.3 is 5.73 Å². The van der Waals surface area contributed by atoms with Crippen molar-refractivity contribution >= 4 is 21.6 Å². The van der Waals surface area contributed by atoms with Gasteiger partial charge in [0.1, 0.15) is 5.01 Å². The van der Waals surface area contributed by atoms with Gasteiger partial charge in [-0.3, -0.25) is 0 Å². The van der Waals surface area contributed by atoms with Crippen molar-refractivity contribution in [2.45, 2.75) is 31.2 Å². The third kappa shape index (κ3) is 2.59. The minimum atomic E-state index is -0.0118. The maximum absolute atomic E-state index is 6.43. The minimum absolute atomic E-state index is 0.0118. The van der Waals surface area contributed by atoms with Crippen molar-refractivity contribution in [3.8, 4) is 0 Å². The van der Waals surface area contributed by atoms with Crippen LogP contribution in [0, 0.1) is 0 Å². The summed E-state index contributed by atoms with van der Waals surface area (Å²) in [5.74, 6) is 0.767. The lowest BCUT2D eigenvalue weighted by Gasteiger charge is -2.12. The number of thiazole rings is 1. The number of hydrogen-bond donors (Lipinski definition) is 1. The standard InChI is InChI=1S/C18H18N2S/c19-15(18-20-16-7-3-4-8-17(16)21-18)11-13-5-1-2-6-14(13)12-9-10-12/h1-8,12,15H,9-11,19H2. The van der Waals surface area contributed by atoms with Crippen molar-refractivity contribution < 1.29 is 0 Å². The second-order valence-corrected chi connectivity index (χ2v) is 6.87. The summed E-state index contributed by atoms with van der Waals surface area (Å²) in [6, 6.07) is 17.0. The van der Waals surface area contributed by atoms with Crippen LogP contribution in [-0.4, -0.2) is 4.98 Å². The van der Waals surface area contributed by atoms with Crippen molar-refractivity contribution in [1.82, 2.24) is 4.98 Å². The maximum Gasteiger partial charge on any atom is 0.111 e.